The Kier molecular flexibility index (Phi) is 65.1. The molecule has 1 atom stereocenters. The number of hydrogen-bond acceptors (Lipinski definition) is 6. The summed E-state index contributed by atoms with van der Waals surface area (Å²) in [6.07, 6.45) is 86.8. The molecule has 0 radical (unpaired) electrons. The summed E-state index contributed by atoms with van der Waals surface area (Å²) in [4.78, 5) is 38.3. The summed E-state index contributed by atoms with van der Waals surface area (Å²) in [7, 11) is 0. The Balaban J connectivity index is 4.14. The molecule has 0 aromatic rings. The van der Waals surface area contributed by atoms with Gasteiger partial charge < -0.3 is 14.2 Å². The summed E-state index contributed by atoms with van der Waals surface area (Å²) in [6.45, 7) is 6.58. The minimum absolute atomic E-state index is 0.0669. The minimum atomic E-state index is -0.769. The summed E-state index contributed by atoms with van der Waals surface area (Å²) >= 11 is 0. The fourth-order valence-corrected chi connectivity index (χ4v) is 10.4. The van der Waals surface area contributed by atoms with Gasteiger partial charge in [0.05, 0.1) is 0 Å². The second-order valence-corrected chi connectivity index (χ2v) is 23.4. The third-order valence-electron chi connectivity index (χ3n) is 15.5. The molecule has 0 amide bonds. The predicted molar refractivity (Wildman–Crippen MR) is 344 cm³/mol. The van der Waals surface area contributed by atoms with Crippen LogP contribution in [-0.2, 0) is 28.6 Å². The van der Waals surface area contributed by atoms with E-state index in [2.05, 4.69) is 81.5 Å². The van der Waals surface area contributed by atoms with Crippen LogP contribution < -0.4 is 0 Å². The number of hydrogen-bond donors (Lipinski definition) is 0. The van der Waals surface area contributed by atoms with Gasteiger partial charge in [-0.05, 0) is 64.2 Å². The van der Waals surface area contributed by atoms with Gasteiger partial charge in [-0.3, -0.25) is 14.4 Å². The summed E-state index contributed by atoms with van der Waals surface area (Å²) < 4.78 is 17.0. The van der Waals surface area contributed by atoms with Crippen molar-refractivity contribution in [3.63, 3.8) is 0 Å². The molecule has 0 aromatic carbocycles. The van der Waals surface area contributed by atoms with Crippen molar-refractivity contribution >= 4 is 17.9 Å². The lowest BCUT2D eigenvalue weighted by Crippen LogP contribution is -2.30. The lowest BCUT2D eigenvalue weighted by Gasteiger charge is -2.18. The first-order valence-corrected chi connectivity index (χ1v) is 34.8. The molecule has 0 saturated heterocycles. The fourth-order valence-electron chi connectivity index (χ4n) is 10.4. The Morgan fingerprint density at radius 3 is 0.772 bits per heavy atom. The molecule has 1 unspecified atom stereocenters. The number of carbonyl (C=O) groups is 3. The predicted octanol–water partition coefficient (Wildman–Crippen LogP) is 23.9. The standard InChI is InChI=1S/C73H132O6/c1-4-7-10-13-16-19-22-24-26-28-30-31-32-33-34-35-36-37-38-39-40-41-43-44-46-48-51-54-57-60-63-66-72(75)78-69-70(68-77-71(74)65-62-59-56-53-50-21-18-15-12-9-6-3)79-73(76)67-64-61-58-55-52-49-47-45-42-29-27-25-23-20-17-14-11-8-5-2/h7,10,16,19,24,26,30-31,33-34,70H,4-6,8-9,11-15,17-18,20-23,25,27-29,32,35-69H2,1-3H3/b10-7-,19-16-,26-24-,31-30-,34-33-. The molecule has 0 fully saturated rings. The first kappa shape index (κ1) is 76.1. The lowest BCUT2D eigenvalue weighted by atomic mass is 10.0. The lowest BCUT2D eigenvalue weighted by molar-refractivity contribution is -0.167. The van der Waals surface area contributed by atoms with Gasteiger partial charge in [0.2, 0.25) is 0 Å². The van der Waals surface area contributed by atoms with Crippen LogP contribution in [-0.4, -0.2) is 37.2 Å². The van der Waals surface area contributed by atoms with Gasteiger partial charge in [0.15, 0.2) is 6.10 Å². The largest absolute Gasteiger partial charge is 0.462 e. The Labute approximate surface area is 491 Å². The van der Waals surface area contributed by atoms with Crippen molar-refractivity contribution in [1.82, 2.24) is 0 Å². The highest BCUT2D eigenvalue weighted by Crippen LogP contribution is 2.18. The smallest absolute Gasteiger partial charge is 0.306 e. The zero-order chi connectivity index (χ0) is 57.1. The summed E-state index contributed by atoms with van der Waals surface area (Å²) in [6, 6.07) is 0. The van der Waals surface area contributed by atoms with E-state index in [4.69, 9.17) is 14.2 Å². The summed E-state index contributed by atoms with van der Waals surface area (Å²) in [5.41, 5.74) is 0. The van der Waals surface area contributed by atoms with Crippen LogP contribution in [0.3, 0.4) is 0 Å². The van der Waals surface area contributed by atoms with E-state index in [1.54, 1.807) is 0 Å². The van der Waals surface area contributed by atoms with Crippen LogP contribution in [0.1, 0.15) is 367 Å². The average molecular weight is 1110 g/mol. The van der Waals surface area contributed by atoms with E-state index >= 15 is 0 Å². The third kappa shape index (κ3) is 65.8. The first-order valence-electron chi connectivity index (χ1n) is 34.8. The Morgan fingerprint density at radius 1 is 0.266 bits per heavy atom. The van der Waals surface area contributed by atoms with Gasteiger partial charge in [-0.15, -0.1) is 0 Å². The monoisotopic (exact) mass is 1110 g/mol. The van der Waals surface area contributed by atoms with Crippen LogP contribution in [0.25, 0.3) is 0 Å². The number of unbranched alkanes of at least 4 members (excludes halogenated alkanes) is 43. The second-order valence-electron chi connectivity index (χ2n) is 23.4. The molecule has 0 rings (SSSR count). The summed E-state index contributed by atoms with van der Waals surface area (Å²) in [5.74, 6) is -0.842. The normalized spacial score (nSPS) is 12.4. The Morgan fingerprint density at radius 2 is 0.494 bits per heavy atom. The summed E-state index contributed by atoms with van der Waals surface area (Å²) in [5, 5.41) is 0. The van der Waals surface area contributed by atoms with Crippen LogP contribution in [0.4, 0.5) is 0 Å². The zero-order valence-electron chi connectivity index (χ0n) is 52.9. The van der Waals surface area contributed by atoms with Gasteiger partial charge in [0.25, 0.3) is 0 Å². The average Bonchev–Trinajstić information content (AvgIpc) is 3.45. The van der Waals surface area contributed by atoms with Crippen molar-refractivity contribution in [2.75, 3.05) is 13.2 Å². The van der Waals surface area contributed by atoms with E-state index in [0.29, 0.717) is 19.3 Å². The maximum atomic E-state index is 12.9. The maximum absolute atomic E-state index is 12.9. The van der Waals surface area contributed by atoms with Gasteiger partial charge >= 0.3 is 17.9 Å². The van der Waals surface area contributed by atoms with Crippen molar-refractivity contribution in [2.24, 2.45) is 0 Å². The highest BCUT2D eigenvalue weighted by Gasteiger charge is 2.19. The van der Waals surface area contributed by atoms with E-state index in [1.165, 1.54) is 238 Å². The van der Waals surface area contributed by atoms with Gasteiger partial charge in [0, 0.05) is 19.3 Å². The van der Waals surface area contributed by atoms with E-state index in [0.717, 1.165) is 89.9 Å². The van der Waals surface area contributed by atoms with Crippen molar-refractivity contribution in [1.29, 1.82) is 0 Å². The SMILES string of the molecule is CC/C=C\C/C=C\C/C=C\C/C=C\C/C=C\CCCCCCCCCCCCCCCCCC(=O)OCC(COC(=O)CCCCCCCCCCCCC)OC(=O)CCCCCCCCCCCCCCCCCCCCC. The molecule has 0 aliphatic heterocycles. The van der Waals surface area contributed by atoms with Crippen LogP contribution >= 0.6 is 0 Å². The molecule has 0 saturated carbocycles. The number of allylic oxidation sites excluding steroid dienone is 10. The molecule has 0 aliphatic carbocycles. The molecule has 79 heavy (non-hydrogen) atoms. The van der Waals surface area contributed by atoms with Crippen molar-refractivity contribution in [3.8, 4) is 0 Å². The van der Waals surface area contributed by atoms with Gasteiger partial charge in [-0.25, -0.2) is 0 Å². The number of rotatable bonds is 64. The zero-order valence-corrected chi connectivity index (χ0v) is 52.9. The van der Waals surface area contributed by atoms with Crippen LogP contribution in [0.15, 0.2) is 60.8 Å². The van der Waals surface area contributed by atoms with Gasteiger partial charge in [-0.2, -0.15) is 0 Å². The first-order chi connectivity index (χ1) is 39.0. The molecular weight excluding hydrogens is 973 g/mol. The quantitative estimate of drug-likeness (QED) is 0.0261. The Hall–Kier alpha value is -2.89. The molecule has 0 spiro atoms. The third-order valence-corrected chi connectivity index (χ3v) is 15.5. The minimum Gasteiger partial charge on any atom is -0.462 e. The Bertz CT molecular complexity index is 1410. The molecule has 460 valence electrons. The van der Waals surface area contributed by atoms with Gasteiger partial charge in [0.1, 0.15) is 13.2 Å². The molecule has 6 nitrogen and oxygen atoms in total. The van der Waals surface area contributed by atoms with E-state index < -0.39 is 6.10 Å². The molecular formula is C73H132O6. The molecule has 0 aliphatic rings. The highest BCUT2D eigenvalue weighted by atomic mass is 16.6. The van der Waals surface area contributed by atoms with E-state index in [9.17, 15) is 14.4 Å². The molecule has 0 N–H and O–H groups in total. The maximum Gasteiger partial charge on any atom is 0.306 e. The fraction of sp³-hybridized carbons (Fsp3) is 0.822. The number of carbonyl (C=O) groups excluding carboxylic acids is 3. The molecule has 0 aromatic heterocycles. The van der Waals surface area contributed by atoms with Crippen LogP contribution in [0.5, 0.6) is 0 Å². The van der Waals surface area contributed by atoms with Crippen LogP contribution in [0.2, 0.25) is 0 Å². The number of esters is 3. The number of ether oxygens (including phenoxy) is 3. The van der Waals surface area contributed by atoms with Crippen molar-refractivity contribution in [2.45, 2.75) is 374 Å². The molecule has 0 bridgehead atoms. The van der Waals surface area contributed by atoms with Crippen LogP contribution in [0, 0.1) is 0 Å². The topological polar surface area (TPSA) is 78.9 Å². The van der Waals surface area contributed by atoms with E-state index in [-0.39, 0.29) is 31.1 Å². The molecule has 6 heteroatoms. The van der Waals surface area contributed by atoms with Gasteiger partial charge in [-0.1, -0.05) is 345 Å². The highest BCUT2D eigenvalue weighted by molar-refractivity contribution is 5.71. The van der Waals surface area contributed by atoms with Crippen molar-refractivity contribution in [3.05, 3.63) is 60.8 Å². The second kappa shape index (κ2) is 67.6. The van der Waals surface area contributed by atoms with Crippen molar-refractivity contribution < 1.29 is 28.6 Å². The molecule has 0 heterocycles. The van der Waals surface area contributed by atoms with E-state index in [1.807, 2.05) is 0 Å².